The number of hydrogen-bond acceptors (Lipinski definition) is 6. The van der Waals surface area contributed by atoms with E-state index in [9.17, 15) is 15.3 Å². The minimum absolute atomic E-state index is 0.202. The highest BCUT2D eigenvalue weighted by atomic mass is 16.5. The summed E-state index contributed by atoms with van der Waals surface area (Å²) in [5.41, 5.74) is 2.95. The fourth-order valence-corrected chi connectivity index (χ4v) is 3.43. The van der Waals surface area contributed by atoms with Gasteiger partial charge in [0.2, 0.25) is 0 Å². The summed E-state index contributed by atoms with van der Waals surface area (Å²) in [5.74, 6) is 1.00. The van der Waals surface area contributed by atoms with Gasteiger partial charge in [-0.05, 0) is 66.8 Å². The van der Waals surface area contributed by atoms with Gasteiger partial charge in [-0.15, -0.1) is 0 Å². The Bertz CT molecular complexity index is 977. The molecule has 6 heteroatoms. The van der Waals surface area contributed by atoms with E-state index in [0.29, 0.717) is 31.0 Å². The predicted molar refractivity (Wildman–Crippen MR) is 125 cm³/mol. The Labute approximate surface area is 189 Å². The normalized spacial score (nSPS) is 11.8. The Hall–Kier alpha value is -3.22. The van der Waals surface area contributed by atoms with Gasteiger partial charge in [-0.1, -0.05) is 42.5 Å². The van der Waals surface area contributed by atoms with Crippen LogP contribution in [0.5, 0.6) is 23.0 Å². The highest BCUT2D eigenvalue weighted by Crippen LogP contribution is 2.29. The molecule has 0 bridgehead atoms. The molecule has 3 aromatic rings. The monoisotopic (exact) mass is 437 g/mol. The lowest BCUT2D eigenvalue weighted by Gasteiger charge is -2.14. The summed E-state index contributed by atoms with van der Waals surface area (Å²) < 4.78 is 11.4. The van der Waals surface area contributed by atoms with Crippen molar-refractivity contribution in [2.75, 3.05) is 26.8 Å². The second kappa shape index (κ2) is 12.0. The summed E-state index contributed by atoms with van der Waals surface area (Å²) in [6.07, 6.45) is 1.89. The van der Waals surface area contributed by atoms with Crippen LogP contribution in [0.2, 0.25) is 0 Å². The van der Waals surface area contributed by atoms with Crippen molar-refractivity contribution in [2.24, 2.45) is 0 Å². The van der Waals surface area contributed by atoms with E-state index in [2.05, 4.69) is 17.4 Å². The molecule has 0 aromatic heterocycles. The van der Waals surface area contributed by atoms with E-state index >= 15 is 0 Å². The van der Waals surface area contributed by atoms with Crippen molar-refractivity contribution in [3.05, 3.63) is 83.4 Å². The van der Waals surface area contributed by atoms with Crippen LogP contribution in [0.25, 0.3) is 0 Å². The zero-order valence-electron chi connectivity index (χ0n) is 18.3. The number of aromatic hydroxyl groups is 2. The van der Waals surface area contributed by atoms with Crippen molar-refractivity contribution in [1.29, 1.82) is 0 Å². The zero-order chi connectivity index (χ0) is 22.8. The lowest BCUT2D eigenvalue weighted by Crippen LogP contribution is -2.23. The Kier molecular flexibility index (Phi) is 8.78. The van der Waals surface area contributed by atoms with E-state index < -0.39 is 6.10 Å². The van der Waals surface area contributed by atoms with Crippen LogP contribution in [0.3, 0.4) is 0 Å². The van der Waals surface area contributed by atoms with Gasteiger partial charge in [-0.25, -0.2) is 0 Å². The maximum atomic E-state index is 10.2. The van der Waals surface area contributed by atoms with Crippen molar-refractivity contribution in [3.8, 4) is 23.0 Å². The minimum Gasteiger partial charge on any atom is -0.504 e. The molecule has 0 fully saturated rings. The summed E-state index contributed by atoms with van der Waals surface area (Å²) >= 11 is 0. The fourth-order valence-electron chi connectivity index (χ4n) is 3.43. The van der Waals surface area contributed by atoms with E-state index in [0.717, 1.165) is 30.6 Å². The number of phenolic OH excluding ortho intramolecular Hbond substituents is 2. The summed E-state index contributed by atoms with van der Waals surface area (Å²) in [6, 6.07) is 20.6. The molecule has 0 aliphatic heterocycles. The predicted octanol–water partition coefficient (Wildman–Crippen LogP) is 3.98. The van der Waals surface area contributed by atoms with Crippen LogP contribution in [0.1, 0.15) is 29.2 Å². The van der Waals surface area contributed by atoms with Gasteiger partial charge in [0.15, 0.2) is 23.0 Å². The molecule has 4 N–H and O–H groups in total. The molecule has 6 nitrogen and oxygen atoms in total. The summed E-state index contributed by atoms with van der Waals surface area (Å²) in [4.78, 5) is 0. The largest absolute Gasteiger partial charge is 0.504 e. The molecule has 32 heavy (non-hydrogen) atoms. The fraction of sp³-hybridized carbons (Fsp3) is 0.308. The summed E-state index contributed by atoms with van der Waals surface area (Å²) in [7, 11) is 1.64. The van der Waals surface area contributed by atoms with Gasteiger partial charge in [0, 0.05) is 6.54 Å². The van der Waals surface area contributed by atoms with E-state index in [1.807, 2.05) is 36.4 Å². The van der Waals surface area contributed by atoms with Crippen molar-refractivity contribution in [1.82, 2.24) is 5.32 Å². The number of aliphatic hydroxyl groups excluding tert-OH is 1. The molecule has 3 aromatic carbocycles. The van der Waals surface area contributed by atoms with Gasteiger partial charge in [0.1, 0.15) is 0 Å². The first-order chi connectivity index (χ1) is 15.6. The number of aliphatic hydroxyl groups is 1. The summed E-state index contributed by atoms with van der Waals surface area (Å²) in [5, 5.41) is 32.4. The third kappa shape index (κ3) is 6.90. The molecule has 0 spiro atoms. The highest BCUT2D eigenvalue weighted by Gasteiger charge is 2.10. The van der Waals surface area contributed by atoms with Crippen LogP contribution in [0.4, 0.5) is 0 Å². The van der Waals surface area contributed by atoms with Crippen molar-refractivity contribution >= 4 is 0 Å². The average molecular weight is 438 g/mol. The average Bonchev–Trinajstić information content (AvgIpc) is 2.82. The third-order valence-corrected chi connectivity index (χ3v) is 5.25. The molecule has 1 atom stereocenters. The molecule has 0 aliphatic carbocycles. The van der Waals surface area contributed by atoms with Crippen LogP contribution in [0.15, 0.2) is 66.7 Å². The topological polar surface area (TPSA) is 91.2 Å². The maximum Gasteiger partial charge on any atom is 0.161 e. The second-order valence-corrected chi connectivity index (χ2v) is 7.64. The lowest BCUT2D eigenvalue weighted by atomic mass is 10.1. The van der Waals surface area contributed by atoms with Crippen molar-refractivity contribution in [3.63, 3.8) is 0 Å². The first-order valence-corrected chi connectivity index (χ1v) is 10.8. The first-order valence-electron chi connectivity index (χ1n) is 10.8. The Morgan fingerprint density at radius 3 is 2.41 bits per heavy atom. The number of methoxy groups -OCH3 is 1. The van der Waals surface area contributed by atoms with Crippen LogP contribution in [0, 0.1) is 0 Å². The lowest BCUT2D eigenvalue weighted by molar-refractivity contribution is 0.174. The van der Waals surface area contributed by atoms with E-state index in [1.54, 1.807) is 13.2 Å². The standard InChI is InChI=1S/C26H31NO5/c1-31-26-16-20(9-12-25(26)32-15-5-8-19-6-3-2-4-7-19)13-14-27-18-24(30)21-10-11-22(28)23(29)17-21/h2-4,6-7,9-12,16-17,24,27-30H,5,8,13-15,18H2,1H3. The molecule has 170 valence electrons. The van der Waals surface area contributed by atoms with Gasteiger partial charge in [0.05, 0.1) is 19.8 Å². The zero-order valence-corrected chi connectivity index (χ0v) is 18.3. The molecule has 0 radical (unpaired) electrons. The molecule has 1 unspecified atom stereocenters. The van der Waals surface area contributed by atoms with Crippen LogP contribution < -0.4 is 14.8 Å². The third-order valence-electron chi connectivity index (χ3n) is 5.25. The number of benzene rings is 3. The van der Waals surface area contributed by atoms with Crippen LogP contribution in [-0.4, -0.2) is 42.1 Å². The van der Waals surface area contributed by atoms with Crippen LogP contribution in [-0.2, 0) is 12.8 Å². The highest BCUT2D eigenvalue weighted by molar-refractivity contribution is 5.43. The Morgan fingerprint density at radius 2 is 1.66 bits per heavy atom. The van der Waals surface area contributed by atoms with Gasteiger partial charge < -0.3 is 30.1 Å². The molecular weight excluding hydrogens is 406 g/mol. The SMILES string of the molecule is COc1cc(CCNCC(O)c2ccc(O)c(O)c2)ccc1OCCCc1ccccc1. The molecule has 3 rings (SSSR count). The quantitative estimate of drug-likeness (QED) is 0.253. The molecular formula is C26H31NO5. The van der Waals surface area contributed by atoms with Gasteiger partial charge in [-0.3, -0.25) is 0 Å². The first kappa shape index (κ1) is 23.4. The van der Waals surface area contributed by atoms with Crippen molar-refractivity contribution < 1.29 is 24.8 Å². The number of nitrogens with one attached hydrogen (secondary N) is 1. The van der Waals surface area contributed by atoms with E-state index in [1.165, 1.54) is 17.7 Å². The Morgan fingerprint density at radius 1 is 0.844 bits per heavy atom. The molecule has 0 amide bonds. The van der Waals surface area contributed by atoms with Crippen molar-refractivity contribution in [2.45, 2.75) is 25.4 Å². The number of aryl methyl sites for hydroxylation is 1. The molecule has 0 aliphatic rings. The van der Waals surface area contributed by atoms with Gasteiger partial charge in [-0.2, -0.15) is 0 Å². The summed E-state index contributed by atoms with van der Waals surface area (Å²) in [6.45, 7) is 1.63. The van der Waals surface area contributed by atoms with E-state index in [4.69, 9.17) is 9.47 Å². The van der Waals surface area contributed by atoms with E-state index in [-0.39, 0.29) is 11.5 Å². The number of ether oxygens (including phenoxy) is 2. The maximum absolute atomic E-state index is 10.2. The van der Waals surface area contributed by atoms with Gasteiger partial charge >= 0.3 is 0 Å². The number of hydrogen-bond donors (Lipinski definition) is 4. The second-order valence-electron chi connectivity index (χ2n) is 7.64. The van der Waals surface area contributed by atoms with Gasteiger partial charge in [0.25, 0.3) is 0 Å². The number of rotatable bonds is 12. The molecule has 0 saturated carbocycles. The minimum atomic E-state index is -0.775. The molecule has 0 heterocycles. The number of phenols is 2. The Balaban J connectivity index is 1.42. The smallest absolute Gasteiger partial charge is 0.161 e. The molecule has 0 saturated heterocycles. The van der Waals surface area contributed by atoms with Crippen LogP contribution >= 0.6 is 0 Å².